The second-order valence-corrected chi connectivity index (χ2v) is 5.53. The van der Waals surface area contributed by atoms with Crippen molar-refractivity contribution < 1.29 is 9.78 Å². The van der Waals surface area contributed by atoms with E-state index in [1.807, 2.05) is 57.2 Å². The highest BCUT2D eigenvalue weighted by Gasteiger charge is 2.33. The molecule has 0 saturated heterocycles. The summed E-state index contributed by atoms with van der Waals surface area (Å²) in [7, 11) is 0. The summed E-state index contributed by atoms with van der Waals surface area (Å²) in [6, 6.07) is 10.2. The number of allylic oxidation sites excluding steroid dienone is 2. The number of rotatable bonds is 3. The number of benzene rings is 1. The zero-order valence-corrected chi connectivity index (χ0v) is 11.2. The van der Waals surface area contributed by atoms with Crippen LogP contribution in [-0.2, 0) is 15.4 Å². The molecule has 1 aromatic carbocycles. The molecule has 0 fully saturated rings. The van der Waals surface area contributed by atoms with Crippen LogP contribution in [-0.4, -0.2) is 5.60 Å². The van der Waals surface area contributed by atoms with Crippen LogP contribution in [0.2, 0.25) is 0 Å². The Kier molecular flexibility index (Phi) is 3.69. The van der Waals surface area contributed by atoms with Crippen molar-refractivity contribution in [1.29, 1.82) is 0 Å². The minimum absolute atomic E-state index is 0.323. The molecular formula is C16H20O2. The van der Waals surface area contributed by atoms with Crippen molar-refractivity contribution in [2.75, 3.05) is 0 Å². The molecule has 0 aromatic heterocycles. The Bertz CT molecular complexity index is 440. The lowest BCUT2D eigenvalue weighted by Gasteiger charge is -2.33. The summed E-state index contributed by atoms with van der Waals surface area (Å²) < 4.78 is 0. The van der Waals surface area contributed by atoms with Gasteiger partial charge in [0.1, 0.15) is 0 Å². The minimum Gasteiger partial charge on any atom is -0.230 e. The van der Waals surface area contributed by atoms with Crippen molar-refractivity contribution in [3.63, 3.8) is 0 Å². The van der Waals surface area contributed by atoms with Gasteiger partial charge in [-0.1, -0.05) is 48.6 Å². The van der Waals surface area contributed by atoms with Gasteiger partial charge in [0.15, 0.2) is 5.60 Å². The molecule has 2 rings (SSSR count). The van der Waals surface area contributed by atoms with Gasteiger partial charge in [-0.25, -0.2) is 9.78 Å². The fourth-order valence-electron chi connectivity index (χ4n) is 1.84. The highest BCUT2D eigenvalue weighted by atomic mass is 17.2. The zero-order chi connectivity index (χ0) is 13.1. The van der Waals surface area contributed by atoms with Crippen molar-refractivity contribution >= 4 is 0 Å². The lowest BCUT2D eigenvalue weighted by Crippen LogP contribution is -2.32. The first kappa shape index (κ1) is 13.1. The second kappa shape index (κ2) is 5.09. The maximum Gasteiger partial charge on any atom is 0.150 e. The fourth-order valence-corrected chi connectivity index (χ4v) is 1.84. The van der Waals surface area contributed by atoms with Crippen LogP contribution in [0.15, 0.2) is 54.6 Å². The van der Waals surface area contributed by atoms with Crippen LogP contribution in [0.3, 0.4) is 0 Å². The van der Waals surface area contributed by atoms with Gasteiger partial charge in [0, 0.05) is 6.42 Å². The highest BCUT2D eigenvalue weighted by molar-refractivity contribution is 5.32. The average molecular weight is 244 g/mol. The van der Waals surface area contributed by atoms with Crippen LogP contribution in [0.5, 0.6) is 0 Å². The average Bonchev–Trinajstić information content (AvgIpc) is 2.38. The molecule has 18 heavy (non-hydrogen) atoms. The molecule has 0 radical (unpaired) electrons. The molecule has 2 nitrogen and oxygen atoms in total. The van der Waals surface area contributed by atoms with Crippen LogP contribution >= 0.6 is 0 Å². The minimum atomic E-state index is -0.511. The molecule has 2 heteroatoms. The van der Waals surface area contributed by atoms with Gasteiger partial charge >= 0.3 is 0 Å². The molecule has 0 spiro atoms. The van der Waals surface area contributed by atoms with E-state index in [1.54, 1.807) is 0 Å². The topological polar surface area (TPSA) is 18.5 Å². The Morgan fingerprint density at radius 1 is 1.06 bits per heavy atom. The molecule has 0 N–H and O–H groups in total. The fraction of sp³-hybridized carbons (Fsp3) is 0.375. The maximum atomic E-state index is 5.78. The van der Waals surface area contributed by atoms with E-state index in [-0.39, 0.29) is 5.60 Å². The Labute approximate surface area is 109 Å². The van der Waals surface area contributed by atoms with Crippen LogP contribution in [0.4, 0.5) is 0 Å². The molecule has 0 aliphatic heterocycles. The summed E-state index contributed by atoms with van der Waals surface area (Å²) in [5.74, 6) is 0. The summed E-state index contributed by atoms with van der Waals surface area (Å²) in [6.45, 7) is 5.94. The molecular weight excluding hydrogens is 224 g/mol. The SMILES string of the molecule is CC(C)(C)OOC1(c2ccccc2)C=CC=CC1. The van der Waals surface area contributed by atoms with E-state index in [9.17, 15) is 0 Å². The first-order valence-electron chi connectivity index (χ1n) is 6.29. The Morgan fingerprint density at radius 2 is 1.78 bits per heavy atom. The van der Waals surface area contributed by atoms with Crippen molar-refractivity contribution in [2.24, 2.45) is 0 Å². The first-order chi connectivity index (χ1) is 8.52. The summed E-state index contributed by atoms with van der Waals surface area (Å²) in [6.07, 6.45) is 8.96. The van der Waals surface area contributed by atoms with E-state index in [0.29, 0.717) is 0 Å². The quantitative estimate of drug-likeness (QED) is 0.587. The monoisotopic (exact) mass is 244 g/mol. The normalized spacial score (nSPS) is 23.3. The third kappa shape index (κ3) is 3.09. The van der Waals surface area contributed by atoms with Crippen molar-refractivity contribution in [3.8, 4) is 0 Å². The molecule has 0 amide bonds. The van der Waals surface area contributed by atoms with Crippen LogP contribution in [0, 0.1) is 0 Å². The molecule has 0 heterocycles. The Balaban J connectivity index is 2.25. The van der Waals surface area contributed by atoms with Gasteiger partial charge in [-0.2, -0.15) is 0 Å². The molecule has 1 atom stereocenters. The van der Waals surface area contributed by atoms with Gasteiger partial charge in [-0.3, -0.25) is 0 Å². The maximum absolute atomic E-state index is 5.78. The third-order valence-corrected chi connectivity index (χ3v) is 2.74. The summed E-state index contributed by atoms with van der Waals surface area (Å²) in [4.78, 5) is 11.3. The number of hydrogen-bond donors (Lipinski definition) is 0. The Morgan fingerprint density at radius 3 is 2.33 bits per heavy atom. The smallest absolute Gasteiger partial charge is 0.150 e. The standard InChI is InChI=1S/C16H20O2/c1-15(2,3)17-18-16(12-8-5-9-13-16)14-10-6-4-7-11-14/h4-12H,13H2,1-3H3. The highest BCUT2D eigenvalue weighted by Crippen LogP contribution is 2.35. The largest absolute Gasteiger partial charge is 0.230 e. The molecule has 0 bridgehead atoms. The van der Waals surface area contributed by atoms with E-state index in [2.05, 4.69) is 18.2 Å². The van der Waals surface area contributed by atoms with Crippen LogP contribution < -0.4 is 0 Å². The first-order valence-corrected chi connectivity index (χ1v) is 6.29. The number of hydrogen-bond acceptors (Lipinski definition) is 2. The van der Waals surface area contributed by atoms with Crippen molar-refractivity contribution in [2.45, 2.75) is 38.4 Å². The summed E-state index contributed by atoms with van der Waals surface area (Å²) in [5.41, 5.74) is 0.273. The summed E-state index contributed by atoms with van der Waals surface area (Å²) >= 11 is 0. The van der Waals surface area contributed by atoms with E-state index in [0.717, 1.165) is 12.0 Å². The molecule has 96 valence electrons. The van der Waals surface area contributed by atoms with Gasteiger partial charge in [0.05, 0.1) is 5.60 Å². The Hall–Kier alpha value is -1.38. The predicted octanol–water partition coefficient (Wildman–Crippen LogP) is 4.14. The van der Waals surface area contributed by atoms with Gasteiger partial charge < -0.3 is 0 Å². The van der Waals surface area contributed by atoms with E-state index >= 15 is 0 Å². The molecule has 1 unspecified atom stereocenters. The zero-order valence-electron chi connectivity index (χ0n) is 11.2. The molecule has 1 aliphatic carbocycles. The van der Waals surface area contributed by atoms with Gasteiger partial charge in [0.2, 0.25) is 0 Å². The molecule has 0 saturated carbocycles. The predicted molar refractivity (Wildman–Crippen MR) is 72.9 cm³/mol. The van der Waals surface area contributed by atoms with Crippen molar-refractivity contribution in [3.05, 3.63) is 60.2 Å². The van der Waals surface area contributed by atoms with Crippen LogP contribution in [0.1, 0.15) is 32.8 Å². The second-order valence-electron chi connectivity index (χ2n) is 5.53. The van der Waals surface area contributed by atoms with Gasteiger partial charge in [0.25, 0.3) is 0 Å². The third-order valence-electron chi connectivity index (χ3n) is 2.74. The van der Waals surface area contributed by atoms with Gasteiger partial charge in [-0.15, -0.1) is 0 Å². The summed E-state index contributed by atoms with van der Waals surface area (Å²) in [5, 5.41) is 0. The molecule has 1 aliphatic rings. The lowest BCUT2D eigenvalue weighted by molar-refractivity contribution is -0.397. The van der Waals surface area contributed by atoms with E-state index in [4.69, 9.17) is 9.78 Å². The van der Waals surface area contributed by atoms with E-state index < -0.39 is 5.60 Å². The van der Waals surface area contributed by atoms with E-state index in [1.165, 1.54) is 0 Å². The van der Waals surface area contributed by atoms with Crippen molar-refractivity contribution in [1.82, 2.24) is 0 Å². The molecule has 1 aromatic rings. The van der Waals surface area contributed by atoms with Gasteiger partial charge in [-0.05, 0) is 32.4 Å². The van der Waals surface area contributed by atoms with Crippen LogP contribution in [0.25, 0.3) is 0 Å². The lowest BCUT2D eigenvalue weighted by atomic mass is 9.87.